The molecule has 0 aliphatic carbocycles. The van der Waals surface area contributed by atoms with E-state index < -0.39 is 12.0 Å². The summed E-state index contributed by atoms with van der Waals surface area (Å²) in [5.74, 6) is -0.0399. The number of hydrogen-bond acceptors (Lipinski definition) is 6. The van der Waals surface area contributed by atoms with Crippen LogP contribution in [0.1, 0.15) is 37.4 Å². The minimum absolute atomic E-state index is 0.0986. The summed E-state index contributed by atoms with van der Waals surface area (Å²) in [5, 5.41) is 3.24. The monoisotopic (exact) mass is 612 g/mol. The molecule has 7 nitrogen and oxygen atoms in total. The first-order chi connectivity index (χ1) is 22.4. The van der Waals surface area contributed by atoms with Gasteiger partial charge in [-0.15, -0.1) is 0 Å². The molecule has 0 radical (unpaired) electrons. The van der Waals surface area contributed by atoms with Crippen LogP contribution in [-0.2, 0) is 16.0 Å². The summed E-state index contributed by atoms with van der Waals surface area (Å²) in [5.41, 5.74) is 4.93. The molecule has 5 aromatic rings. The van der Waals surface area contributed by atoms with Crippen LogP contribution in [0.2, 0.25) is 0 Å². The average molecular weight is 613 g/mol. The van der Waals surface area contributed by atoms with Gasteiger partial charge in [0.25, 0.3) is 5.91 Å². The van der Waals surface area contributed by atoms with Crippen LogP contribution in [-0.4, -0.2) is 44.0 Å². The van der Waals surface area contributed by atoms with Crippen molar-refractivity contribution in [3.8, 4) is 5.75 Å². The second-order valence-electron chi connectivity index (χ2n) is 10.8. The molecule has 5 rings (SSSR count). The van der Waals surface area contributed by atoms with E-state index in [1.165, 1.54) is 7.11 Å². The molecule has 46 heavy (non-hydrogen) atoms. The molecule has 0 fully saturated rings. The van der Waals surface area contributed by atoms with Gasteiger partial charge in [0.15, 0.2) is 5.78 Å². The third-order valence-corrected chi connectivity index (χ3v) is 7.55. The van der Waals surface area contributed by atoms with Crippen LogP contribution in [0.15, 0.2) is 133 Å². The van der Waals surface area contributed by atoms with Crippen molar-refractivity contribution in [2.75, 3.05) is 30.5 Å². The molecule has 0 aromatic heterocycles. The van der Waals surface area contributed by atoms with Crippen LogP contribution >= 0.6 is 0 Å². The van der Waals surface area contributed by atoms with E-state index in [9.17, 15) is 14.4 Å². The van der Waals surface area contributed by atoms with Gasteiger partial charge in [0.2, 0.25) is 0 Å². The predicted molar refractivity (Wildman–Crippen MR) is 181 cm³/mol. The molecular weight excluding hydrogens is 576 g/mol. The van der Waals surface area contributed by atoms with Gasteiger partial charge in [0.05, 0.1) is 13.7 Å². The zero-order valence-electron chi connectivity index (χ0n) is 25.9. The third-order valence-electron chi connectivity index (χ3n) is 7.55. The van der Waals surface area contributed by atoms with Crippen molar-refractivity contribution in [3.63, 3.8) is 0 Å². The number of carbonyl (C=O) groups is 3. The Bertz CT molecular complexity index is 1770. The number of carbonyl (C=O) groups excluding carboxylic acids is 3. The molecule has 5 aromatic carbocycles. The maximum Gasteiger partial charge on any atom is 0.328 e. The number of benzene rings is 5. The lowest BCUT2D eigenvalue weighted by Gasteiger charge is -2.23. The van der Waals surface area contributed by atoms with Crippen molar-refractivity contribution >= 4 is 29.0 Å². The van der Waals surface area contributed by atoms with Gasteiger partial charge in [-0.2, -0.15) is 0 Å². The number of para-hydroxylation sites is 1. The van der Waals surface area contributed by atoms with E-state index >= 15 is 0 Å². The van der Waals surface area contributed by atoms with Gasteiger partial charge in [0.1, 0.15) is 18.4 Å². The molecule has 1 unspecified atom stereocenters. The quantitative estimate of drug-likeness (QED) is 0.112. The smallest absolute Gasteiger partial charge is 0.328 e. The molecule has 0 saturated heterocycles. The van der Waals surface area contributed by atoms with Gasteiger partial charge < -0.3 is 19.7 Å². The number of ether oxygens (including phenoxy) is 2. The zero-order chi connectivity index (χ0) is 32.3. The molecule has 1 N–H and O–H groups in total. The molecule has 232 valence electrons. The maximum atomic E-state index is 13.4. The van der Waals surface area contributed by atoms with Crippen LogP contribution in [0.4, 0.5) is 11.4 Å². The number of nitrogens with one attached hydrogen (secondary N) is 1. The first-order valence-corrected chi connectivity index (χ1v) is 15.1. The SMILES string of the molecule is COC(=O)C(Cc1ccc(OCCN(C(=O)c2ccccc2)c2cccc(C)c2)cc1)Nc1ccccc1C(=O)c1ccccc1. The summed E-state index contributed by atoms with van der Waals surface area (Å²) in [6.45, 7) is 2.63. The summed E-state index contributed by atoms with van der Waals surface area (Å²) < 4.78 is 11.1. The van der Waals surface area contributed by atoms with Gasteiger partial charge in [-0.3, -0.25) is 9.59 Å². The summed E-state index contributed by atoms with van der Waals surface area (Å²) in [7, 11) is 1.34. The van der Waals surface area contributed by atoms with Gasteiger partial charge in [-0.1, -0.05) is 84.9 Å². The summed E-state index contributed by atoms with van der Waals surface area (Å²) in [4.78, 5) is 41.2. The fourth-order valence-electron chi connectivity index (χ4n) is 5.17. The average Bonchev–Trinajstić information content (AvgIpc) is 3.10. The summed E-state index contributed by atoms with van der Waals surface area (Å²) >= 11 is 0. The number of hydrogen-bond donors (Lipinski definition) is 1. The van der Waals surface area contributed by atoms with Crippen molar-refractivity contribution < 1.29 is 23.9 Å². The minimum atomic E-state index is -0.728. The number of methoxy groups -OCH3 is 1. The number of ketones is 1. The Hall–Kier alpha value is -5.69. The summed E-state index contributed by atoms with van der Waals surface area (Å²) in [6, 6.07) is 39.9. The predicted octanol–water partition coefficient (Wildman–Crippen LogP) is 7.15. The highest BCUT2D eigenvalue weighted by Crippen LogP contribution is 2.23. The minimum Gasteiger partial charge on any atom is -0.492 e. The zero-order valence-corrected chi connectivity index (χ0v) is 25.9. The Morgan fingerprint density at radius 1 is 0.739 bits per heavy atom. The Labute approximate surface area is 269 Å². The molecule has 0 aliphatic rings. The van der Waals surface area contributed by atoms with Crippen LogP contribution in [0, 0.1) is 6.92 Å². The largest absolute Gasteiger partial charge is 0.492 e. The molecule has 1 atom stereocenters. The fraction of sp³-hybridized carbons (Fsp3) is 0.154. The first-order valence-electron chi connectivity index (χ1n) is 15.1. The first kappa shape index (κ1) is 31.7. The normalized spacial score (nSPS) is 11.3. The van der Waals surface area contributed by atoms with Gasteiger partial charge in [0, 0.05) is 34.5 Å². The lowest BCUT2D eigenvalue weighted by atomic mass is 10.00. The summed E-state index contributed by atoms with van der Waals surface area (Å²) in [6.07, 6.45) is 0.327. The number of rotatable bonds is 13. The van der Waals surface area contributed by atoms with E-state index in [2.05, 4.69) is 5.32 Å². The number of anilines is 2. The van der Waals surface area contributed by atoms with Crippen molar-refractivity contribution in [2.45, 2.75) is 19.4 Å². The van der Waals surface area contributed by atoms with Gasteiger partial charge in [-0.25, -0.2) is 4.79 Å². The van der Waals surface area contributed by atoms with Crippen LogP contribution in [0.5, 0.6) is 5.75 Å². The highest BCUT2D eigenvalue weighted by atomic mass is 16.5. The van der Waals surface area contributed by atoms with E-state index in [1.807, 2.05) is 97.9 Å². The molecule has 1 amide bonds. The third kappa shape index (κ3) is 8.07. The lowest BCUT2D eigenvalue weighted by Crippen LogP contribution is -2.34. The molecule has 0 bridgehead atoms. The Morgan fingerprint density at radius 3 is 2.07 bits per heavy atom. The number of esters is 1. The van der Waals surface area contributed by atoms with Gasteiger partial charge >= 0.3 is 5.97 Å². The lowest BCUT2D eigenvalue weighted by molar-refractivity contribution is -0.141. The molecule has 0 saturated carbocycles. The Kier molecular flexibility index (Phi) is 10.6. The van der Waals surface area contributed by atoms with Crippen LogP contribution in [0.25, 0.3) is 0 Å². The van der Waals surface area contributed by atoms with Crippen LogP contribution in [0.3, 0.4) is 0 Å². The molecule has 0 heterocycles. The van der Waals surface area contributed by atoms with E-state index in [-0.39, 0.29) is 18.3 Å². The van der Waals surface area contributed by atoms with E-state index in [0.29, 0.717) is 41.1 Å². The van der Waals surface area contributed by atoms with Crippen molar-refractivity contribution in [1.29, 1.82) is 0 Å². The van der Waals surface area contributed by atoms with Crippen molar-refractivity contribution in [3.05, 3.63) is 161 Å². The number of aryl methyl sites for hydroxylation is 1. The second-order valence-corrected chi connectivity index (χ2v) is 10.8. The number of nitrogens with zero attached hydrogens (tertiary/aromatic N) is 1. The Balaban J connectivity index is 1.25. The maximum absolute atomic E-state index is 13.4. The highest BCUT2D eigenvalue weighted by molar-refractivity contribution is 6.12. The highest BCUT2D eigenvalue weighted by Gasteiger charge is 2.23. The van der Waals surface area contributed by atoms with Crippen LogP contribution < -0.4 is 15.0 Å². The second kappa shape index (κ2) is 15.3. The van der Waals surface area contributed by atoms with E-state index in [1.54, 1.807) is 47.4 Å². The van der Waals surface area contributed by atoms with Crippen molar-refractivity contribution in [2.24, 2.45) is 0 Å². The molecule has 0 spiro atoms. The van der Waals surface area contributed by atoms with Gasteiger partial charge in [-0.05, 0) is 66.6 Å². The Morgan fingerprint density at radius 2 is 1.39 bits per heavy atom. The molecule has 0 aliphatic heterocycles. The molecule has 7 heteroatoms. The van der Waals surface area contributed by atoms with E-state index in [0.717, 1.165) is 16.8 Å². The number of amides is 1. The van der Waals surface area contributed by atoms with Crippen molar-refractivity contribution in [1.82, 2.24) is 0 Å². The fourth-order valence-corrected chi connectivity index (χ4v) is 5.17. The van der Waals surface area contributed by atoms with E-state index in [4.69, 9.17) is 9.47 Å². The topological polar surface area (TPSA) is 84.9 Å². The standard InChI is InChI=1S/C39H36N2O5/c1-28-12-11-17-32(26-28)41(38(43)31-15-7-4-8-16-31)24-25-46-33-22-20-29(21-23-33)27-36(39(44)45-2)40-35-19-10-9-18-34(35)37(42)30-13-5-3-6-14-30/h3-23,26,36,40H,24-25,27H2,1-2H3. The molecular formula is C39H36N2O5.